The van der Waals surface area contributed by atoms with Crippen LogP contribution in [0, 0.1) is 6.92 Å². The molecule has 0 unspecified atom stereocenters. The van der Waals surface area contributed by atoms with E-state index in [1.54, 1.807) is 31.4 Å². The van der Waals surface area contributed by atoms with Gasteiger partial charge in [0.25, 0.3) is 0 Å². The first-order valence-electron chi connectivity index (χ1n) is 8.03. The normalized spacial score (nSPS) is 10.1. The Morgan fingerprint density at radius 3 is 2.46 bits per heavy atom. The maximum Gasteiger partial charge on any atom is 0.419 e. The molecule has 0 saturated heterocycles. The molecule has 7 nitrogen and oxygen atoms in total. The predicted octanol–water partition coefficient (Wildman–Crippen LogP) is 3.83. The highest BCUT2D eigenvalue weighted by atomic mass is 16.6. The van der Waals surface area contributed by atoms with Gasteiger partial charge < -0.3 is 14.2 Å². The van der Waals surface area contributed by atoms with Gasteiger partial charge in [0.1, 0.15) is 5.75 Å². The van der Waals surface area contributed by atoms with Crippen LogP contribution in [0.3, 0.4) is 0 Å². The first-order chi connectivity index (χ1) is 12.5. The van der Waals surface area contributed by atoms with Crippen molar-refractivity contribution in [3.8, 4) is 5.75 Å². The average Bonchev–Trinajstić information content (AvgIpc) is 2.63. The molecule has 0 spiro atoms. The van der Waals surface area contributed by atoms with Crippen LogP contribution in [0.25, 0.3) is 0 Å². The zero-order valence-corrected chi connectivity index (χ0v) is 15.0. The Kier molecular flexibility index (Phi) is 6.99. The highest BCUT2D eigenvalue weighted by Gasteiger charge is 2.18. The third-order valence-corrected chi connectivity index (χ3v) is 3.56. The number of nitrogens with zero attached hydrogens (tertiary/aromatic N) is 1. The van der Waals surface area contributed by atoms with Crippen LogP contribution < -0.4 is 15.0 Å². The smallest absolute Gasteiger partial charge is 0.419 e. The van der Waals surface area contributed by atoms with Crippen molar-refractivity contribution in [2.75, 3.05) is 37.6 Å². The average molecular weight is 358 g/mol. The zero-order valence-electron chi connectivity index (χ0n) is 15.0. The van der Waals surface area contributed by atoms with Crippen molar-refractivity contribution < 1.29 is 23.8 Å². The summed E-state index contributed by atoms with van der Waals surface area (Å²) in [6, 6.07) is 14.0. The molecule has 0 radical (unpaired) electrons. The number of ether oxygens (including phenoxy) is 3. The van der Waals surface area contributed by atoms with Crippen molar-refractivity contribution in [1.29, 1.82) is 0 Å². The van der Waals surface area contributed by atoms with Crippen LogP contribution >= 0.6 is 0 Å². The molecule has 0 aliphatic heterocycles. The number of amides is 2. The Balaban J connectivity index is 2.14. The molecule has 1 N–H and O–H groups in total. The predicted molar refractivity (Wildman–Crippen MR) is 98.9 cm³/mol. The zero-order chi connectivity index (χ0) is 18.9. The van der Waals surface area contributed by atoms with Gasteiger partial charge in [-0.25, -0.2) is 9.59 Å². The van der Waals surface area contributed by atoms with E-state index in [9.17, 15) is 9.59 Å². The quantitative estimate of drug-likeness (QED) is 0.849. The van der Waals surface area contributed by atoms with Gasteiger partial charge in [-0.1, -0.05) is 23.8 Å². The van der Waals surface area contributed by atoms with Crippen molar-refractivity contribution in [3.63, 3.8) is 0 Å². The van der Waals surface area contributed by atoms with E-state index in [0.29, 0.717) is 30.3 Å². The number of benzene rings is 2. The fraction of sp³-hybridized carbons (Fsp3) is 0.263. The van der Waals surface area contributed by atoms with Crippen LogP contribution in [0.2, 0.25) is 0 Å². The van der Waals surface area contributed by atoms with E-state index < -0.39 is 12.2 Å². The summed E-state index contributed by atoms with van der Waals surface area (Å²) in [4.78, 5) is 25.4. The molecule has 0 heterocycles. The van der Waals surface area contributed by atoms with Crippen LogP contribution in [0.5, 0.6) is 5.75 Å². The van der Waals surface area contributed by atoms with Crippen molar-refractivity contribution in [2.24, 2.45) is 0 Å². The van der Waals surface area contributed by atoms with Crippen LogP contribution in [-0.4, -0.2) is 39.6 Å². The number of rotatable bonds is 6. The summed E-state index contributed by atoms with van der Waals surface area (Å²) in [5, 5.41) is 2.52. The van der Waals surface area contributed by atoms with E-state index in [1.165, 1.54) is 12.0 Å². The summed E-state index contributed by atoms with van der Waals surface area (Å²) in [6.45, 7) is 2.69. The molecule has 138 valence electrons. The molecule has 2 aromatic rings. The lowest BCUT2D eigenvalue weighted by molar-refractivity contribution is 0.187. The van der Waals surface area contributed by atoms with Crippen molar-refractivity contribution in [3.05, 3.63) is 54.1 Å². The Bertz CT molecular complexity index is 746. The van der Waals surface area contributed by atoms with E-state index >= 15 is 0 Å². The third-order valence-electron chi connectivity index (χ3n) is 3.56. The lowest BCUT2D eigenvalue weighted by atomic mass is 10.2. The minimum Gasteiger partial charge on any atom is -0.453 e. The van der Waals surface area contributed by atoms with Gasteiger partial charge in [0, 0.05) is 24.6 Å². The van der Waals surface area contributed by atoms with Crippen LogP contribution in [0.1, 0.15) is 5.56 Å². The minimum atomic E-state index is -0.602. The molecule has 7 heteroatoms. The maximum absolute atomic E-state index is 12.6. The van der Waals surface area contributed by atoms with E-state index in [1.807, 2.05) is 31.2 Å². The standard InChI is InChI=1S/C19H22N2O5/c1-14-7-9-16(10-8-14)21(11-12-24-2)19(23)26-17-6-4-5-15(13-17)20-18(22)25-3/h4-10,13H,11-12H2,1-3H3,(H,20,22). The van der Waals surface area contributed by atoms with Crippen LogP contribution in [-0.2, 0) is 9.47 Å². The molecule has 2 rings (SSSR count). The summed E-state index contributed by atoms with van der Waals surface area (Å²) in [5.74, 6) is 0.304. The van der Waals surface area contributed by atoms with Gasteiger partial charge in [0.05, 0.1) is 20.3 Å². The number of carbonyl (C=O) groups excluding carboxylic acids is 2. The fourth-order valence-corrected chi connectivity index (χ4v) is 2.20. The topological polar surface area (TPSA) is 77.1 Å². The minimum absolute atomic E-state index is 0.304. The molecule has 0 atom stereocenters. The second-order valence-corrected chi connectivity index (χ2v) is 5.49. The molecule has 26 heavy (non-hydrogen) atoms. The number of methoxy groups -OCH3 is 2. The van der Waals surface area contributed by atoms with E-state index in [0.717, 1.165) is 5.56 Å². The molecule has 0 aromatic heterocycles. The summed E-state index contributed by atoms with van der Waals surface area (Å²) < 4.78 is 15.1. The highest BCUT2D eigenvalue weighted by Crippen LogP contribution is 2.21. The molecule has 0 bridgehead atoms. The second-order valence-electron chi connectivity index (χ2n) is 5.49. The third kappa shape index (κ3) is 5.49. The first-order valence-corrected chi connectivity index (χ1v) is 8.03. The molecule has 0 aliphatic rings. The SMILES string of the molecule is COCCN(C(=O)Oc1cccc(NC(=O)OC)c1)c1ccc(C)cc1. The van der Waals surface area contributed by atoms with Gasteiger partial charge in [-0.3, -0.25) is 10.2 Å². The van der Waals surface area contributed by atoms with Crippen molar-refractivity contribution >= 4 is 23.6 Å². The van der Waals surface area contributed by atoms with Crippen molar-refractivity contribution in [1.82, 2.24) is 0 Å². The number of anilines is 2. The summed E-state index contributed by atoms with van der Waals surface area (Å²) in [5.41, 5.74) is 2.26. The van der Waals surface area contributed by atoms with Gasteiger partial charge in [-0.2, -0.15) is 0 Å². The van der Waals surface area contributed by atoms with Crippen molar-refractivity contribution in [2.45, 2.75) is 6.92 Å². The van der Waals surface area contributed by atoms with Crippen LogP contribution in [0.15, 0.2) is 48.5 Å². The first kappa shape index (κ1) is 19.3. The molecular formula is C19H22N2O5. The van der Waals surface area contributed by atoms with Gasteiger partial charge in [0.2, 0.25) is 0 Å². The second kappa shape index (κ2) is 9.43. The largest absolute Gasteiger partial charge is 0.453 e. The van der Waals surface area contributed by atoms with E-state index in [2.05, 4.69) is 10.1 Å². The number of hydrogen-bond acceptors (Lipinski definition) is 5. The fourth-order valence-electron chi connectivity index (χ4n) is 2.20. The van der Waals surface area contributed by atoms with Gasteiger partial charge >= 0.3 is 12.2 Å². The maximum atomic E-state index is 12.6. The molecule has 0 aliphatic carbocycles. The monoisotopic (exact) mass is 358 g/mol. The Morgan fingerprint density at radius 2 is 1.81 bits per heavy atom. The molecule has 0 saturated carbocycles. The lowest BCUT2D eigenvalue weighted by Crippen LogP contribution is -2.36. The van der Waals surface area contributed by atoms with Gasteiger partial charge in [-0.05, 0) is 31.2 Å². The highest BCUT2D eigenvalue weighted by molar-refractivity contribution is 5.89. The summed E-state index contributed by atoms with van der Waals surface area (Å²) >= 11 is 0. The summed E-state index contributed by atoms with van der Waals surface area (Å²) in [7, 11) is 2.84. The van der Waals surface area contributed by atoms with Crippen LogP contribution in [0.4, 0.5) is 21.0 Å². The molecule has 0 fully saturated rings. The lowest BCUT2D eigenvalue weighted by Gasteiger charge is -2.22. The number of aryl methyl sites for hydroxylation is 1. The van der Waals surface area contributed by atoms with Gasteiger partial charge in [0.15, 0.2) is 0 Å². The Labute approximate surface area is 152 Å². The number of carbonyl (C=O) groups is 2. The molecule has 2 amide bonds. The Morgan fingerprint density at radius 1 is 1.08 bits per heavy atom. The Hall–Kier alpha value is -3.06. The van der Waals surface area contributed by atoms with E-state index in [4.69, 9.17) is 9.47 Å². The van der Waals surface area contributed by atoms with Gasteiger partial charge in [-0.15, -0.1) is 0 Å². The molecular weight excluding hydrogens is 336 g/mol. The number of nitrogens with one attached hydrogen (secondary N) is 1. The molecule has 2 aromatic carbocycles. The van der Waals surface area contributed by atoms with E-state index in [-0.39, 0.29) is 0 Å². The summed E-state index contributed by atoms with van der Waals surface area (Å²) in [6.07, 6.45) is -1.14. The number of hydrogen-bond donors (Lipinski definition) is 1.